The van der Waals surface area contributed by atoms with Crippen molar-refractivity contribution in [2.45, 2.75) is 19.9 Å². The fourth-order valence-corrected chi connectivity index (χ4v) is 2.99. The van der Waals surface area contributed by atoms with Crippen LogP contribution < -0.4 is 10.6 Å². The highest BCUT2D eigenvalue weighted by molar-refractivity contribution is 6.04. The lowest BCUT2D eigenvalue weighted by Gasteiger charge is -2.01. The van der Waals surface area contributed by atoms with Crippen LogP contribution in [0.15, 0.2) is 22.6 Å². The van der Waals surface area contributed by atoms with Crippen LogP contribution in [0, 0.1) is 13.8 Å². The van der Waals surface area contributed by atoms with Gasteiger partial charge < -0.3 is 9.73 Å². The summed E-state index contributed by atoms with van der Waals surface area (Å²) in [4.78, 5) is 27.6. The third-order valence-electron chi connectivity index (χ3n) is 4.22. The number of hydrogen-bond donors (Lipinski definition) is 2. The molecule has 1 aliphatic heterocycles. The number of rotatable bonds is 2. The minimum atomic E-state index is -0.822. The zero-order chi connectivity index (χ0) is 17.0. The lowest BCUT2D eigenvalue weighted by atomic mass is 10.1. The minimum Gasteiger partial charge on any atom is -0.457 e. The van der Waals surface area contributed by atoms with Crippen molar-refractivity contribution in [3.63, 3.8) is 0 Å². The van der Waals surface area contributed by atoms with Crippen molar-refractivity contribution in [2.24, 2.45) is 7.05 Å². The van der Waals surface area contributed by atoms with Crippen molar-refractivity contribution in [3.8, 4) is 11.3 Å². The van der Waals surface area contributed by atoms with E-state index in [1.165, 1.54) is 0 Å². The third-order valence-corrected chi connectivity index (χ3v) is 4.22. The fourth-order valence-electron chi connectivity index (χ4n) is 2.99. The molecule has 0 aliphatic carbocycles. The Balaban J connectivity index is 1.79. The van der Waals surface area contributed by atoms with Crippen LogP contribution in [-0.2, 0) is 11.8 Å². The predicted octanol–water partition coefficient (Wildman–Crippen LogP) is 1.73. The number of nitrogens with zero attached hydrogens (tertiary/aromatic N) is 3. The van der Waals surface area contributed by atoms with E-state index in [0.717, 1.165) is 22.6 Å². The maximum Gasteiger partial charge on any atom is 0.322 e. The number of amides is 3. The average molecular weight is 325 g/mol. The zero-order valence-electron chi connectivity index (χ0n) is 13.4. The monoisotopic (exact) mass is 325 g/mol. The molecule has 1 saturated heterocycles. The molecule has 0 spiro atoms. The molecule has 1 aliphatic rings. The number of urea groups is 1. The molecule has 0 unspecified atom stereocenters. The summed E-state index contributed by atoms with van der Waals surface area (Å²) in [6.45, 7) is 3.92. The molecule has 0 radical (unpaired) electrons. The number of imide groups is 1. The van der Waals surface area contributed by atoms with Crippen LogP contribution in [0.4, 0.5) is 4.79 Å². The van der Waals surface area contributed by atoms with Crippen molar-refractivity contribution < 1.29 is 14.0 Å². The molecule has 2 N–H and O–H groups in total. The number of furan rings is 1. The number of fused-ring (bicyclic) bond motifs is 1. The normalized spacial score (nSPS) is 17.4. The van der Waals surface area contributed by atoms with Gasteiger partial charge in [0.05, 0.1) is 11.4 Å². The highest BCUT2D eigenvalue weighted by Gasteiger charge is 2.33. The standard InChI is InChI=1S/C16H15N5O3/c1-7-13(8(2)21(3)20-7)9-4-5-11-10(17-9)6-12(24-11)14-15(22)19-16(23)18-14/h4-6,14H,1-3H3,(H2,18,19,22,23)/t14-/m0/s1. The summed E-state index contributed by atoms with van der Waals surface area (Å²) in [5.74, 6) is -0.0733. The molecule has 3 aromatic heterocycles. The van der Waals surface area contributed by atoms with Gasteiger partial charge in [-0.05, 0) is 26.0 Å². The van der Waals surface area contributed by atoms with Gasteiger partial charge in [0.25, 0.3) is 5.91 Å². The first-order chi connectivity index (χ1) is 11.4. The summed E-state index contributed by atoms with van der Waals surface area (Å²) in [6.07, 6.45) is 0. The van der Waals surface area contributed by atoms with Crippen LogP contribution in [0.3, 0.4) is 0 Å². The lowest BCUT2D eigenvalue weighted by Crippen LogP contribution is -2.22. The Bertz CT molecular complexity index is 1000. The Kier molecular flexibility index (Phi) is 2.96. The first-order valence-electron chi connectivity index (χ1n) is 7.46. The van der Waals surface area contributed by atoms with Crippen LogP contribution in [0.2, 0.25) is 0 Å². The molecule has 0 bridgehead atoms. The number of carbonyl (C=O) groups is 2. The Labute approximate surface area is 136 Å². The van der Waals surface area contributed by atoms with Crippen LogP contribution in [0.1, 0.15) is 23.2 Å². The summed E-state index contributed by atoms with van der Waals surface area (Å²) in [6, 6.07) is 4.00. The number of pyridine rings is 1. The van der Waals surface area contributed by atoms with Gasteiger partial charge in [0.1, 0.15) is 11.3 Å². The molecule has 8 heteroatoms. The second kappa shape index (κ2) is 4.92. The van der Waals surface area contributed by atoms with Crippen molar-refractivity contribution in [3.05, 3.63) is 35.3 Å². The van der Waals surface area contributed by atoms with Crippen LogP contribution in [-0.4, -0.2) is 26.7 Å². The first kappa shape index (κ1) is 14.4. The molecule has 3 aromatic rings. The molecule has 0 saturated carbocycles. The van der Waals surface area contributed by atoms with Crippen molar-refractivity contribution >= 4 is 23.0 Å². The molecule has 4 heterocycles. The Morgan fingerprint density at radius 2 is 2.04 bits per heavy atom. The van der Waals surface area contributed by atoms with Gasteiger partial charge >= 0.3 is 6.03 Å². The fraction of sp³-hybridized carbons (Fsp3) is 0.250. The number of carbonyl (C=O) groups excluding carboxylic acids is 2. The maximum atomic E-state index is 11.8. The molecule has 1 atom stereocenters. The van der Waals surface area contributed by atoms with E-state index in [1.807, 2.05) is 37.7 Å². The van der Waals surface area contributed by atoms with Gasteiger partial charge in [-0.3, -0.25) is 14.8 Å². The third kappa shape index (κ3) is 2.07. The van der Waals surface area contributed by atoms with Gasteiger partial charge in [-0.1, -0.05) is 0 Å². The highest BCUT2D eigenvalue weighted by Crippen LogP contribution is 2.29. The van der Waals surface area contributed by atoms with Gasteiger partial charge in [-0.25, -0.2) is 9.78 Å². The summed E-state index contributed by atoms with van der Waals surface area (Å²) in [5.41, 5.74) is 4.87. The van der Waals surface area contributed by atoms with E-state index in [1.54, 1.807) is 6.07 Å². The number of aryl methyl sites for hydroxylation is 2. The minimum absolute atomic E-state index is 0.359. The van der Waals surface area contributed by atoms with E-state index in [2.05, 4.69) is 20.7 Å². The van der Waals surface area contributed by atoms with Crippen molar-refractivity contribution in [2.75, 3.05) is 0 Å². The SMILES string of the molecule is Cc1nn(C)c(C)c1-c1ccc2oc([C@@H]3NC(=O)NC3=O)cc2n1. The van der Waals surface area contributed by atoms with E-state index in [4.69, 9.17) is 4.42 Å². The molecule has 1 fully saturated rings. The van der Waals surface area contributed by atoms with Gasteiger partial charge in [0.15, 0.2) is 11.6 Å². The lowest BCUT2D eigenvalue weighted by molar-refractivity contribution is -0.120. The molecule has 0 aromatic carbocycles. The van der Waals surface area contributed by atoms with E-state index < -0.39 is 18.0 Å². The summed E-state index contributed by atoms with van der Waals surface area (Å²) in [5, 5.41) is 9.10. The predicted molar refractivity (Wildman–Crippen MR) is 85.1 cm³/mol. The summed E-state index contributed by atoms with van der Waals surface area (Å²) < 4.78 is 7.48. The van der Waals surface area contributed by atoms with Gasteiger partial charge in [-0.2, -0.15) is 5.10 Å². The van der Waals surface area contributed by atoms with Crippen LogP contribution in [0.25, 0.3) is 22.4 Å². The Morgan fingerprint density at radius 3 is 2.67 bits per heavy atom. The van der Waals surface area contributed by atoms with E-state index in [9.17, 15) is 9.59 Å². The van der Waals surface area contributed by atoms with Gasteiger partial charge in [-0.15, -0.1) is 0 Å². The highest BCUT2D eigenvalue weighted by atomic mass is 16.3. The van der Waals surface area contributed by atoms with E-state index >= 15 is 0 Å². The molecular weight excluding hydrogens is 310 g/mol. The smallest absolute Gasteiger partial charge is 0.322 e. The van der Waals surface area contributed by atoms with Crippen LogP contribution in [0.5, 0.6) is 0 Å². The second-order valence-corrected chi connectivity index (χ2v) is 5.79. The Morgan fingerprint density at radius 1 is 1.25 bits per heavy atom. The molecule has 8 nitrogen and oxygen atoms in total. The molecular formula is C16H15N5O3. The van der Waals surface area contributed by atoms with Gasteiger partial charge in [0.2, 0.25) is 0 Å². The van der Waals surface area contributed by atoms with Crippen LogP contribution >= 0.6 is 0 Å². The largest absolute Gasteiger partial charge is 0.457 e. The number of nitrogens with one attached hydrogen (secondary N) is 2. The summed E-state index contributed by atoms with van der Waals surface area (Å²) in [7, 11) is 1.89. The molecule has 4 rings (SSSR count). The maximum absolute atomic E-state index is 11.8. The second-order valence-electron chi connectivity index (χ2n) is 5.79. The van der Waals surface area contributed by atoms with Crippen molar-refractivity contribution in [1.29, 1.82) is 0 Å². The number of aromatic nitrogens is 3. The topological polar surface area (TPSA) is 102 Å². The number of hydrogen-bond acceptors (Lipinski definition) is 5. The van der Waals surface area contributed by atoms with Gasteiger partial charge in [0, 0.05) is 24.4 Å². The Hall–Kier alpha value is -3.16. The van der Waals surface area contributed by atoms with E-state index in [-0.39, 0.29) is 0 Å². The molecule has 3 amide bonds. The first-order valence-corrected chi connectivity index (χ1v) is 7.46. The van der Waals surface area contributed by atoms with E-state index in [0.29, 0.717) is 16.9 Å². The molecule has 24 heavy (non-hydrogen) atoms. The molecule has 122 valence electrons. The van der Waals surface area contributed by atoms with Crippen molar-refractivity contribution in [1.82, 2.24) is 25.4 Å². The summed E-state index contributed by atoms with van der Waals surface area (Å²) >= 11 is 0. The quantitative estimate of drug-likeness (QED) is 0.699. The average Bonchev–Trinajstić information content (AvgIpc) is 3.15. The zero-order valence-corrected chi connectivity index (χ0v) is 13.4.